The number of para-hydroxylation sites is 1. The molecule has 0 atom stereocenters. The van der Waals surface area contributed by atoms with Crippen LogP contribution in [0.15, 0.2) is 28.9 Å². The molecule has 0 saturated heterocycles. The van der Waals surface area contributed by atoms with E-state index in [1.165, 1.54) is 18.2 Å². The highest BCUT2D eigenvalue weighted by Gasteiger charge is 2.16. The second-order valence-electron chi connectivity index (χ2n) is 3.13. The average molecular weight is 221 g/mol. The molecule has 0 aliphatic carbocycles. The Bertz CT molecular complexity index is 524. The topological polar surface area (TPSA) is 68.0 Å². The summed E-state index contributed by atoms with van der Waals surface area (Å²) in [6.07, 6.45) is 0. The van der Waals surface area contributed by atoms with E-state index in [2.05, 4.69) is 20.3 Å². The third-order valence-corrected chi connectivity index (χ3v) is 1.99. The maximum absolute atomic E-state index is 13.2. The Labute approximate surface area is 90.2 Å². The number of amides is 1. The van der Waals surface area contributed by atoms with Gasteiger partial charge in [0, 0.05) is 0 Å². The Morgan fingerprint density at radius 3 is 2.75 bits per heavy atom. The Balaban J connectivity index is 2.21. The molecule has 2 aromatic rings. The molecular formula is C10H8FN3O2. The first-order valence-electron chi connectivity index (χ1n) is 4.53. The molecule has 1 heterocycles. The van der Waals surface area contributed by atoms with Gasteiger partial charge in [-0.3, -0.25) is 4.79 Å². The highest BCUT2D eigenvalue weighted by Crippen LogP contribution is 2.13. The van der Waals surface area contributed by atoms with Crippen molar-refractivity contribution in [2.45, 2.75) is 6.92 Å². The Kier molecular flexibility index (Phi) is 2.63. The third kappa shape index (κ3) is 1.90. The van der Waals surface area contributed by atoms with Crippen molar-refractivity contribution in [2.75, 3.05) is 5.32 Å². The van der Waals surface area contributed by atoms with E-state index in [0.29, 0.717) is 5.69 Å². The van der Waals surface area contributed by atoms with Crippen molar-refractivity contribution in [2.24, 2.45) is 0 Å². The molecule has 0 spiro atoms. The fraction of sp³-hybridized carbons (Fsp3) is 0.100. The lowest BCUT2D eigenvalue weighted by Gasteiger charge is -2.03. The van der Waals surface area contributed by atoms with Gasteiger partial charge in [-0.05, 0) is 24.2 Å². The smallest absolute Gasteiger partial charge is 0.279 e. The summed E-state index contributed by atoms with van der Waals surface area (Å²) in [5.41, 5.74) is 0.493. The van der Waals surface area contributed by atoms with Crippen LogP contribution < -0.4 is 5.32 Å². The first kappa shape index (κ1) is 10.3. The van der Waals surface area contributed by atoms with Crippen LogP contribution in [0.5, 0.6) is 0 Å². The predicted octanol–water partition coefficient (Wildman–Crippen LogP) is 1.77. The fourth-order valence-electron chi connectivity index (χ4n) is 1.18. The van der Waals surface area contributed by atoms with Crippen molar-refractivity contribution in [1.82, 2.24) is 10.3 Å². The van der Waals surface area contributed by atoms with Crippen molar-refractivity contribution in [3.8, 4) is 0 Å². The van der Waals surface area contributed by atoms with E-state index >= 15 is 0 Å². The van der Waals surface area contributed by atoms with Crippen LogP contribution in [-0.4, -0.2) is 16.2 Å². The van der Waals surface area contributed by atoms with Crippen molar-refractivity contribution in [1.29, 1.82) is 0 Å². The van der Waals surface area contributed by atoms with Crippen molar-refractivity contribution in [3.63, 3.8) is 0 Å². The van der Waals surface area contributed by atoms with Gasteiger partial charge in [-0.2, -0.15) is 0 Å². The summed E-state index contributed by atoms with van der Waals surface area (Å²) < 4.78 is 17.6. The Morgan fingerprint density at radius 2 is 2.12 bits per heavy atom. The van der Waals surface area contributed by atoms with Crippen LogP contribution >= 0.6 is 0 Å². The van der Waals surface area contributed by atoms with Gasteiger partial charge < -0.3 is 5.32 Å². The molecular weight excluding hydrogens is 213 g/mol. The number of hydrogen-bond donors (Lipinski definition) is 1. The third-order valence-electron chi connectivity index (χ3n) is 1.99. The zero-order valence-electron chi connectivity index (χ0n) is 8.40. The van der Waals surface area contributed by atoms with E-state index in [9.17, 15) is 9.18 Å². The first-order chi connectivity index (χ1) is 7.68. The number of halogens is 1. The lowest BCUT2D eigenvalue weighted by molar-refractivity contribution is 0.101. The molecule has 6 heteroatoms. The van der Waals surface area contributed by atoms with Crippen LogP contribution in [-0.2, 0) is 0 Å². The normalized spacial score (nSPS) is 10.1. The fourth-order valence-corrected chi connectivity index (χ4v) is 1.18. The lowest BCUT2D eigenvalue weighted by atomic mass is 10.3. The number of aromatic nitrogens is 2. The SMILES string of the molecule is Cc1nonc1C(=O)Nc1ccccc1F. The van der Waals surface area contributed by atoms with Gasteiger partial charge in [0.2, 0.25) is 0 Å². The first-order valence-corrected chi connectivity index (χ1v) is 4.53. The molecule has 0 unspecified atom stereocenters. The van der Waals surface area contributed by atoms with E-state index < -0.39 is 11.7 Å². The summed E-state index contributed by atoms with van der Waals surface area (Å²) in [7, 11) is 0. The van der Waals surface area contributed by atoms with E-state index in [0.717, 1.165) is 0 Å². The summed E-state index contributed by atoms with van der Waals surface area (Å²) in [5.74, 6) is -1.06. The van der Waals surface area contributed by atoms with Gasteiger partial charge in [-0.15, -0.1) is 0 Å². The molecule has 0 radical (unpaired) electrons. The Hall–Kier alpha value is -2.24. The minimum Gasteiger partial charge on any atom is -0.318 e. The summed E-state index contributed by atoms with van der Waals surface area (Å²) in [5, 5.41) is 9.26. The molecule has 0 aliphatic heterocycles. The van der Waals surface area contributed by atoms with Crippen LogP contribution in [0.2, 0.25) is 0 Å². The standard InChI is InChI=1S/C10H8FN3O2/c1-6-9(14-16-13-6)10(15)12-8-5-3-2-4-7(8)11/h2-5H,1H3,(H,12,15). The maximum atomic E-state index is 13.2. The quantitative estimate of drug-likeness (QED) is 0.839. The minimum absolute atomic E-state index is 0.0447. The molecule has 0 saturated carbocycles. The minimum atomic E-state index is -0.552. The number of aryl methyl sites for hydroxylation is 1. The van der Waals surface area contributed by atoms with Gasteiger partial charge in [-0.1, -0.05) is 17.3 Å². The van der Waals surface area contributed by atoms with E-state index in [1.54, 1.807) is 13.0 Å². The molecule has 1 N–H and O–H groups in total. The van der Waals surface area contributed by atoms with Crippen LogP contribution in [0.25, 0.3) is 0 Å². The van der Waals surface area contributed by atoms with Gasteiger partial charge >= 0.3 is 0 Å². The Morgan fingerprint density at radius 1 is 1.38 bits per heavy atom. The van der Waals surface area contributed by atoms with Crippen molar-refractivity contribution < 1.29 is 13.8 Å². The molecule has 0 aliphatic rings. The molecule has 1 aromatic heterocycles. The number of carbonyl (C=O) groups is 1. The maximum Gasteiger partial charge on any atom is 0.279 e. The second kappa shape index (κ2) is 4.09. The van der Waals surface area contributed by atoms with Crippen molar-refractivity contribution >= 4 is 11.6 Å². The summed E-state index contributed by atoms with van der Waals surface area (Å²) in [6, 6.07) is 5.86. The summed E-state index contributed by atoms with van der Waals surface area (Å²) in [4.78, 5) is 11.6. The number of rotatable bonds is 2. The molecule has 5 nitrogen and oxygen atoms in total. The number of benzene rings is 1. The van der Waals surface area contributed by atoms with Gasteiger partial charge in [0.15, 0.2) is 5.69 Å². The number of anilines is 1. The van der Waals surface area contributed by atoms with Crippen LogP contribution in [0.3, 0.4) is 0 Å². The number of carbonyl (C=O) groups excluding carboxylic acids is 1. The van der Waals surface area contributed by atoms with Gasteiger partial charge in [0.1, 0.15) is 11.5 Å². The highest BCUT2D eigenvalue weighted by atomic mass is 19.1. The largest absolute Gasteiger partial charge is 0.318 e. The molecule has 0 bridgehead atoms. The molecule has 1 aromatic carbocycles. The molecule has 0 fully saturated rings. The summed E-state index contributed by atoms with van der Waals surface area (Å²) >= 11 is 0. The van der Waals surface area contributed by atoms with E-state index in [-0.39, 0.29) is 11.4 Å². The van der Waals surface area contributed by atoms with E-state index in [1.807, 2.05) is 0 Å². The monoisotopic (exact) mass is 221 g/mol. The molecule has 82 valence electrons. The van der Waals surface area contributed by atoms with Crippen LogP contribution in [0, 0.1) is 12.7 Å². The van der Waals surface area contributed by atoms with Gasteiger partial charge in [0.25, 0.3) is 5.91 Å². The van der Waals surface area contributed by atoms with Crippen LogP contribution in [0.4, 0.5) is 10.1 Å². The predicted molar refractivity (Wildman–Crippen MR) is 53.4 cm³/mol. The number of nitrogens with one attached hydrogen (secondary N) is 1. The van der Waals surface area contributed by atoms with Gasteiger partial charge in [0.05, 0.1) is 5.69 Å². The zero-order valence-corrected chi connectivity index (χ0v) is 8.40. The highest BCUT2D eigenvalue weighted by molar-refractivity contribution is 6.03. The molecule has 16 heavy (non-hydrogen) atoms. The number of hydrogen-bond acceptors (Lipinski definition) is 4. The van der Waals surface area contributed by atoms with E-state index in [4.69, 9.17) is 0 Å². The van der Waals surface area contributed by atoms with Crippen molar-refractivity contribution in [3.05, 3.63) is 41.5 Å². The number of nitrogens with zero attached hydrogens (tertiary/aromatic N) is 2. The van der Waals surface area contributed by atoms with Crippen LogP contribution in [0.1, 0.15) is 16.2 Å². The molecule has 1 amide bonds. The zero-order chi connectivity index (χ0) is 11.5. The van der Waals surface area contributed by atoms with Gasteiger partial charge in [-0.25, -0.2) is 9.02 Å². The summed E-state index contributed by atoms with van der Waals surface area (Å²) in [6.45, 7) is 1.58. The average Bonchev–Trinajstić information content (AvgIpc) is 2.68. The lowest BCUT2D eigenvalue weighted by Crippen LogP contribution is -2.14. The second-order valence-corrected chi connectivity index (χ2v) is 3.13. The molecule has 2 rings (SSSR count).